The first kappa shape index (κ1) is 17.4. The number of aryl methyl sites for hydroxylation is 1. The van der Waals surface area contributed by atoms with E-state index in [1.807, 2.05) is 24.0 Å². The van der Waals surface area contributed by atoms with E-state index in [0.717, 1.165) is 30.1 Å². The highest BCUT2D eigenvalue weighted by atomic mass is 16.5. The van der Waals surface area contributed by atoms with Gasteiger partial charge in [-0.2, -0.15) is 0 Å². The summed E-state index contributed by atoms with van der Waals surface area (Å²) in [5.74, 6) is 2.71. The molecule has 3 rings (SSSR count). The predicted molar refractivity (Wildman–Crippen MR) is 93.1 cm³/mol. The minimum Gasteiger partial charge on any atom is -0.464 e. The largest absolute Gasteiger partial charge is 0.464 e. The highest BCUT2D eigenvalue weighted by Crippen LogP contribution is 2.35. The third-order valence-corrected chi connectivity index (χ3v) is 4.47. The number of nitrogens with one attached hydrogen (secondary N) is 1. The molecule has 134 valence electrons. The standard InChI is InChI=1S/C18H24N4O3/c1-12-6-7-22(15(8-12)16-5-4-13(2)25-16)18(23)21-17-9-14(10-24-3)19-11-20-17/h4-5,9,11-12,15H,6-8,10H2,1-3H3,(H,19,20,21,23). The molecule has 1 N–H and O–H groups in total. The van der Waals surface area contributed by atoms with Crippen molar-refractivity contribution in [2.75, 3.05) is 19.0 Å². The molecule has 0 bridgehead atoms. The zero-order chi connectivity index (χ0) is 17.8. The number of likely N-dealkylation sites (tertiary alicyclic amines) is 1. The molecule has 1 aliphatic heterocycles. The van der Waals surface area contributed by atoms with Crippen molar-refractivity contribution in [3.05, 3.63) is 41.7 Å². The molecule has 2 unspecified atom stereocenters. The van der Waals surface area contributed by atoms with Crippen LogP contribution < -0.4 is 5.32 Å². The number of aromatic nitrogens is 2. The fourth-order valence-electron chi connectivity index (χ4n) is 3.16. The van der Waals surface area contributed by atoms with Crippen molar-refractivity contribution in [2.24, 2.45) is 5.92 Å². The lowest BCUT2D eigenvalue weighted by molar-refractivity contribution is 0.128. The number of carbonyl (C=O) groups excluding carboxylic acids is 1. The Morgan fingerprint density at radius 2 is 2.28 bits per heavy atom. The lowest BCUT2D eigenvalue weighted by Gasteiger charge is -2.37. The van der Waals surface area contributed by atoms with Crippen LogP contribution in [-0.2, 0) is 11.3 Å². The number of carbonyl (C=O) groups is 1. The highest BCUT2D eigenvalue weighted by Gasteiger charge is 2.33. The normalized spacial score (nSPS) is 20.5. The number of piperidine rings is 1. The van der Waals surface area contributed by atoms with Gasteiger partial charge in [-0.05, 0) is 37.8 Å². The van der Waals surface area contributed by atoms with E-state index in [-0.39, 0.29) is 12.1 Å². The molecule has 0 radical (unpaired) electrons. The van der Waals surface area contributed by atoms with Crippen molar-refractivity contribution in [2.45, 2.75) is 39.3 Å². The Morgan fingerprint density at radius 1 is 1.44 bits per heavy atom. The fourth-order valence-corrected chi connectivity index (χ4v) is 3.16. The molecule has 2 aromatic heterocycles. The third-order valence-electron chi connectivity index (χ3n) is 4.47. The zero-order valence-corrected chi connectivity index (χ0v) is 14.9. The van der Waals surface area contributed by atoms with Gasteiger partial charge in [0.1, 0.15) is 23.7 Å². The molecule has 0 aliphatic carbocycles. The van der Waals surface area contributed by atoms with Gasteiger partial charge in [0, 0.05) is 19.7 Å². The molecule has 2 amide bonds. The zero-order valence-electron chi connectivity index (χ0n) is 14.9. The number of anilines is 1. The molecule has 0 aromatic carbocycles. The van der Waals surface area contributed by atoms with Gasteiger partial charge >= 0.3 is 6.03 Å². The van der Waals surface area contributed by atoms with Gasteiger partial charge in [-0.1, -0.05) is 6.92 Å². The molecule has 7 heteroatoms. The molecule has 1 aliphatic rings. The Morgan fingerprint density at radius 3 is 3.00 bits per heavy atom. The molecule has 1 fully saturated rings. The first-order valence-electron chi connectivity index (χ1n) is 8.50. The smallest absolute Gasteiger partial charge is 0.323 e. The molecule has 7 nitrogen and oxygen atoms in total. The molecule has 0 spiro atoms. The van der Waals surface area contributed by atoms with E-state index in [9.17, 15) is 4.79 Å². The summed E-state index contributed by atoms with van der Waals surface area (Å²) >= 11 is 0. The van der Waals surface area contributed by atoms with Crippen LogP contribution in [0.5, 0.6) is 0 Å². The van der Waals surface area contributed by atoms with E-state index in [1.165, 1.54) is 6.33 Å². The minimum atomic E-state index is -0.173. The maximum atomic E-state index is 12.8. The van der Waals surface area contributed by atoms with Crippen molar-refractivity contribution in [1.82, 2.24) is 14.9 Å². The second-order valence-electron chi connectivity index (χ2n) is 6.54. The Hall–Kier alpha value is -2.41. The van der Waals surface area contributed by atoms with Crippen LogP contribution in [0.25, 0.3) is 0 Å². The van der Waals surface area contributed by atoms with Gasteiger partial charge in [0.15, 0.2) is 0 Å². The van der Waals surface area contributed by atoms with Crippen LogP contribution >= 0.6 is 0 Å². The van der Waals surface area contributed by atoms with E-state index in [4.69, 9.17) is 9.15 Å². The number of rotatable bonds is 4. The summed E-state index contributed by atoms with van der Waals surface area (Å²) < 4.78 is 10.9. The summed E-state index contributed by atoms with van der Waals surface area (Å²) in [6.45, 7) is 5.19. The van der Waals surface area contributed by atoms with Crippen molar-refractivity contribution < 1.29 is 13.9 Å². The van der Waals surface area contributed by atoms with Crippen LogP contribution in [-0.4, -0.2) is 34.6 Å². The summed E-state index contributed by atoms with van der Waals surface area (Å²) in [5.41, 5.74) is 0.721. The lowest BCUT2D eigenvalue weighted by atomic mass is 9.91. The summed E-state index contributed by atoms with van der Waals surface area (Å²) in [4.78, 5) is 22.9. The van der Waals surface area contributed by atoms with Gasteiger partial charge in [0.25, 0.3) is 0 Å². The Bertz CT molecular complexity index is 731. The topological polar surface area (TPSA) is 80.5 Å². The monoisotopic (exact) mass is 344 g/mol. The maximum Gasteiger partial charge on any atom is 0.323 e. The Kier molecular flexibility index (Phi) is 5.33. The number of hydrogen-bond acceptors (Lipinski definition) is 5. The number of ether oxygens (including phenoxy) is 1. The number of nitrogens with zero attached hydrogens (tertiary/aromatic N) is 3. The van der Waals surface area contributed by atoms with Crippen LogP contribution in [0.2, 0.25) is 0 Å². The summed E-state index contributed by atoms with van der Waals surface area (Å²) in [7, 11) is 1.60. The van der Waals surface area contributed by atoms with Gasteiger partial charge in [-0.25, -0.2) is 14.8 Å². The lowest BCUT2D eigenvalue weighted by Crippen LogP contribution is -2.43. The number of amides is 2. The second-order valence-corrected chi connectivity index (χ2v) is 6.54. The molecular formula is C18H24N4O3. The number of methoxy groups -OCH3 is 1. The van der Waals surface area contributed by atoms with Crippen molar-refractivity contribution in [1.29, 1.82) is 0 Å². The molecular weight excluding hydrogens is 320 g/mol. The van der Waals surface area contributed by atoms with E-state index in [0.29, 0.717) is 24.9 Å². The van der Waals surface area contributed by atoms with E-state index in [1.54, 1.807) is 13.2 Å². The van der Waals surface area contributed by atoms with Gasteiger partial charge < -0.3 is 14.1 Å². The first-order valence-corrected chi connectivity index (χ1v) is 8.50. The number of furan rings is 1. The maximum absolute atomic E-state index is 12.8. The summed E-state index contributed by atoms with van der Waals surface area (Å²) in [6.07, 6.45) is 3.29. The van der Waals surface area contributed by atoms with Crippen molar-refractivity contribution in [3.8, 4) is 0 Å². The van der Waals surface area contributed by atoms with Crippen molar-refractivity contribution >= 4 is 11.8 Å². The van der Waals surface area contributed by atoms with Gasteiger partial charge in [0.05, 0.1) is 18.3 Å². The van der Waals surface area contributed by atoms with Gasteiger partial charge in [0.2, 0.25) is 0 Å². The van der Waals surface area contributed by atoms with E-state index in [2.05, 4.69) is 22.2 Å². The fraction of sp³-hybridized carbons (Fsp3) is 0.500. The van der Waals surface area contributed by atoms with Crippen LogP contribution in [0.3, 0.4) is 0 Å². The van der Waals surface area contributed by atoms with E-state index < -0.39 is 0 Å². The van der Waals surface area contributed by atoms with Gasteiger partial charge in [-0.3, -0.25) is 5.32 Å². The van der Waals surface area contributed by atoms with Crippen molar-refractivity contribution in [3.63, 3.8) is 0 Å². The summed E-state index contributed by atoms with van der Waals surface area (Å²) in [5, 5.41) is 2.87. The van der Waals surface area contributed by atoms with E-state index >= 15 is 0 Å². The molecule has 2 aromatic rings. The number of hydrogen-bond donors (Lipinski definition) is 1. The van der Waals surface area contributed by atoms with Crippen LogP contribution in [0.15, 0.2) is 28.9 Å². The predicted octanol–water partition coefficient (Wildman–Crippen LogP) is 3.53. The van der Waals surface area contributed by atoms with Crippen LogP contribution in [0, 0.1) is 12.8 Å². The minimum absolute atomic E-state index is 0.0577. The average molecular weight is 344 g/mol. The second kappa shape index (κ2) is 7.65. The Labute approximate surface area is 147 Å². The third kappa shape index (κ3) is 4.17. The molecule has 3 heterocycles. The highest BCUT2D eigenvalue weighted by molar-refractivity contribution is 5.88. The summed E-state index contributed by atoms with van der Waals surface area (Å²) in [6, 6.07) is 5.39. The Balaban J connectivity index is 1.75. The molecule has 0 saturated carbocycles. The quantitative estimate of drug-likeness (QED) is 0.918. The molecule has 25 heavy (non-hydrogen) atoms. The van der Waals surface area contributed by atoms with Crippen LogP contribution in [0.1, 0.15) is 43.0 Å². The van der Waals surface area contributed by atoms with Gasteiger partial charge in [-0.15, -0.1) is 0 Å². The average Bonchev–Trinajstić information content (AvgIpc) is 3.02. The first-order chi connectivity index (χ1) is 12.1. The molecule has 1 saturated heterocycles. The SMILES string of the molecule is COCc1cc(NC(=O)N2CCC(C)CC2c2ccc(C)o2)ncn1. The molecule has 2 atom stereocenters. The van der Waals surface area contributed by atoms with Crippen LogP contribution in [0.4, 0.5) is 10.6 Å². The number of urea groups is 1.